The van der Waals surface area contributed by atoms with Gasteiger partial charge in [-0.1, -0.05) is 0 Å². The van der Waals surface area contributed by atoms with E-state index in [0.29, 0.717) is 50.9 Å². The van der Waals surface area contributed by atoms with Crippen LogP contribution >= 0.6 is 0 Å². The summed E-state index contributed by atoms with van der Waals surface area (Å²) in [6, 6.07) is 12.5. The SMILES string of the molecule is COC(=O)C1(CC#N)CCCN1C(=O)c1ccc(F)cc1.O=C(c1ccc(F)cc1)N1CCCC12CCNC2=O.[CH3-].[Ni]. The number of methoxy groups -OCH3 is 1. The molecule has 42 heavy (non-hydrogen) atoms. The van der Waals surface area contributed by atoms with Crippen LogP contribution < -0.4 is 5.32 Å². The maximum atomic E-state index is 12.9. The average Bonchev–Trinajstić information content (AvgIpc) is 3.69. The molecule has 3 aliphatic heterocycles. The molecule has 3 fully saturated rings. The fourth-order valence-corrected chi connectivity index (χ4v) is 5.79. The largest absolute Gasteiger partial charge is 0.467 e. The average molecular weight is 626 g/mol. The summed E-state index contributed by atoms with van der Waals surface area (Å²) < 4.78 is 30.6. The van der Waals surface area contributed by atoms with E-state index in [0.717, 1.165) is 6.42 Å². The topological polar surface area (TPSA) is 120 Å². The Labute approximate surface area is 254 Å². The number of hydrogen-bond acceptors (Lipinski definition) is 6. The molecule has 3 amide bonds. The first-order valence-electron chi connectivity index (χ1n) is 13.1. The third kappa shape index (κ3) is 6.47. The molecule has 1 spiro atoms. The summed E-state index contributed by atoms with van der Waals surface area (Å²) in [6.07, 6.45) is 3.10. The van der Waals surface area contributed by atoms with Crippen molar-refractivity contribution in [1.29, 1.82) is 5.26 Å². The molecule has 0 aliphatic carbocycles. The van der Waals surface area contributed by atoms with Crippen LogP contribution in [0.2, 0.25) is 0 Å². The van der Waals surface area contributed by atoms with Crippen LogP contribution in [0.3, 0.4) is 0 Å². The minimum Gasteiger partial charge on any atom is -0.467 e. The van der Waals surface area contributed by atoms with E-state index in [1.807, 2.05) is 6.07 Å². The molecule has 0 saturated carbocycles. The number of nitriles is 1. The van der Waals surface area contributed by atoms with Crippen LogP contribution in [0, 0.1) is 30.4 Å². The van der Waals surface area contributed by atoms with E-state index in [1.54, 1.807) is 4.90 Å². The summed E-state index contributed by atoms with van der Waals surface area (Å²) in [4.78, 5) is 52.2. The minimum atomic E-state index is -1.24. The smallest absolute Gasteiger partial charge is 0.332 e. The zero-order chi connectivity index (χ0) is 28.9. The first kappa shape index (κ1) is 34.4. The standard InChI is InChI=1S/C15H15FN2O3.C14H15FN2O2.CH3.Ni/c1-21-14(20)15(8-9-17)7-2-10-18(15)13(19)11-3-5-12(16)6-4-11;15-11-4-2-10(3-5-11)12(18)17-9-1-6-14(17)7-8-16-13(14)19;;/h3-6H,2,7-8,10H2,1H3;2-5H,1,6-9H2,(H,16,19);1H3;/q;;-1;. The van der Waals surface area contributed by atoms with Crippen molar-refractivity contribution < 1.29 is 49.2 Å². The van der Waals surface area contributed by atoms with Crippen LogP contribution in [0.5, 0.6) is 0 Å². The van der Waals surface area contributed by atoms with E-state index < -0.39 is 28.8 Å². The second-order valence-electron chi connectivity index (χ2n) is 10.0. The van der Waals surface area contributed by atoms with E-state index in [9.17, 15) is 28.0 Å². The van der Waals surface area contributed by atoms with E-state index in [4.69, 9.17) is 10.00 Å². The number of nitrogens with zero attached hydrogens (tertiary/aromatic N) is 3. The molecule has 5 rings (SSSR count). The van der Waals surface area contributed by atoms with Crippen LogP contribution in [0.25, 0.3) is 0 Å². The van der Waals surface area contributed by atoms with Crippen molar-refractivity contribution in [2.75, 3.05) is 26.7 Å². The molecule has 2 aromatic carbocycles. The third-order valence-corrected chi connectivity index (χ3v) is 7.83. The van der Waals surface area contributed by atoms with Gasteiger partial charge in [-0.25, -0.2) is 13.6 Å². The van der Waals surface area contributed by atoms with Gasteiger partial charge < -0.3 is 27.3 Å². The Balaban J connectivity index is 0.000000281. The number of rotatable bonds is 4. The number of amides is 3. The summed E-state index contributed by atoms with van der Waals surface area (Å²) in [5.41, 5.74) is -1.20. The zero-order valence-electron chi connectivity index (χ0n) is 23.4. The number of halogens is 2. The number of hydrogen-bond donors (Lipinski definition) is 1. The Kier molecular flexibility index (Phi) is 11.8. The summed E-state index contributed by atoms with van der Waals surface area (Å²) in [5.74, 6) is -2.03. The summed E-state index contributed by atoms with van der Waals surface area (Å²) in [7, 11) is 1.24. The van der Waals surface area contributed by atoms with Gasteiger partial charge in [0.2, 0.25) is 5.91 Å². The van der Waals surface area contributed by atoms with Crippen molar-refractivity contribution >= 4 is 23.7 Å². The van der Waals surface area contributed by atoms with Crippen LogP contribution in [0.15, 0.2) is 48.5 Å². The fraction of sp³-hybridized carbons (Fsp3) is 0.400. The van der Waals surface area contributed by atoms with Gasteiger partial charge in [-0.15, -0.1) is 0 Å². The number of esters is 1. The molecule has 3 aliphatic rings. The van der Waals surface area contributed by atoms with E-state index in [1.165, 1.54) is 60.5 Å². The number of carbonyl (C=O) groups excluding carboxylic acids is 4. The predicted octanol–water partition coefficient (Wildman–Crippen LogP) is 3.66. The van der Waals surface area contributed by atoms with Gasteiger partial charge in [0.1, 0.15) is 17.2 Å². The molecular weight excluding hydrogens is 593 g/mol. The normalized spacial score (nSPS) is 22.2. The molecule has 0 bridgehead atoms. The molecular formula is C30H33F2N4NiO5-. The van der Waals surface area contributed by atoms with Gasteiger partial charge in [0.15, 0.2) is 5.54 Å². The van der Waals surface area contributed by atoms with Crippen molar-refractivity contribution in [2.24, 2.45) is 0 Å². The Morgan fingerprint density at radius 3 is 1.88 bits per heavy atom. The predicted molar refractivity (Wildman–Crippen MR) is 145 cm³/mol. The van der Waals surface area contributed by atoms with E-state index in [-0.39, 0.29) is 53.5 Å². The Morgan fingerprint density at radius 2 is 1.40 bits per heavy atom. The molecule has 9 nitrogen and oxygen atoms in total. The molecule has 228 valence electrons. The zero-order valence-corrected chi connectivity index (χ0v) is 24.4. The monoisotopic (exact) mass is 625 g/mol. The van der Waals surface area contributed by atoms with Gasteiger partial charge in [-0.2, -0.15) is 5.26 Å². The van der Waals surface area contributed by atoms with E-state index in [2.05, 4.69) is 5.32 Å². The summed E-state index contributed by atoms with van der Waals surface area (Å²) in [5, 5.41) is 11.8. The van der Waals surface area contributed by atoms with Crippen LogP contribution in [-0.2, 0) is 30.8 Å². The molecule has 3 heterocycles. The second kappa shape index (κ2) is 14.4. The molecule has 12 heteroatoms. The molecule has 1 N–H and O–H groups in total. The molecule has 0 aromatic heterocycles. The van der Waals surface area contributed by atoms with Crippen LogP contribution in [0.4, 0.5) is 8.78 Å². The first-order chi connectivity index (χ1) is 19.2. The van der Waals surface area contributed by atoms with Gasteiger partial charge in [0.25, 0.3) is 11.8 Å². The summed E-state index contributed by atoms with van der Waals surface area (Å²) in [6.45, 7) is 1.57. The molecule has 0 radical (unpaired) electrons. The van der Waals surface area contributed by atoms with Crippen molar-refractivity contribution in [3.8, 4) is 6.07 Å². The van der Waals surface area contributed by atoms with Gasteiger partial charge >= 0.3 is 5.97 Å². The number of carbonyl (C=O) groups is 4. The van der Waals surface area contributed by atoms with Crippen LogP contribution in [-0.4, -0.2) is 71.3 Å². The molecule has 2 atom stereocenters. The second-order valence-corrected chi connectivity index (χ2v) is 10.0. The Hall–Kier alpha value is -3.84. The molecule has 3 saturated heterocycles. The molecule has 2 unspecified atom stereocenters. The van der Waals surface area contributed by atoms with Crippen LogP contribution in [0.1, 0.15) is 59.2 Å². The Bertz CT molecular complexity index is 1330. The number of nitrogens with one attached hydrogen (secondary N) is 1. The first-order valence-corrected chi connectivity index (χ1v) is 13.1. The number of benzene rings is 2. The number of likely N-dealkylation sites (tertiary alicyclic amines) is 2. The van der Waals surface area contributed by atoms with Crippen molar-refractivity contribution in [3.63, 3.8) is 0 Å². The quantitative estimate of drug-likeness (QED) is 0.315. The maximum absolute atomic E-state index is 12.9. The van der Waals surface area contributed by atoms with Gasteiger partial charge in [0, 0.05) is 47.3 Å². The number of ether oxygens (including phenoxy) is 1. The minimum absolute atomic E-state index is 0. The maximum Gasteiger partial charge on any atom is 0.332 e. The summed E-state index contributed by atoms with van der Waals surface area (Å²) >= 11 is 0. The van der Waals surface area contributed by atoms with Crippen molar-refractivity contribution in [2.45, 2.75) is 49.6 Å². The van der Waals surface area contributed by atoms with Gasteiger partial charge in [-0.3, -0.25) is 14.4 Å². The third-order valence-electron chi connectivity index (χ3n) is 7.83. The molecule has 2 aromatic rings. The fourth-order valence-electron chi connectivity index (χ4n) is 5.79. The van der Waals surface area contributed by atoms with E-state index >= 15 is 0 Å². The van der Waals surface area contributed by atoms with Crippen molar-refractivity contribution in [1.82, 2.24) is 15.1 Å². The Morgan fingerprint density at radius 1 is 0.905 bits per heavy atom. The van der Waals surface area contributed by atoms with Gasteiger partial charge in [0.05, 0.1) is 19.6 Å². The van der Waals surface area contributed by atoms with Gasteiger partial charge in [-0.05, 0) is 80.6 Å². The van der Waals surface area contributed by atoms with Crippen molar-refractivity contribution in [3.05, 3.63) is 78.7 Å².